The van der Waals surface area contributed by atoms with Gasteiger partial charge in [-0.15, -0.1) is 0 Å². The van der Waals surface area contributed by atoms with E-state index in [0.29, 0.717) is 6.54 Å². The SMILES string of the molecule is CC(C)(C)OC(=O)N1CCCC(NC2CCCCCC2O)C1. The molecule has 5 heteroatoms. The largest absolute Gasteiger partial charge is 0.444 e. The predicted molar refractivity (Wildman–Crippen MR) is 86.8 cm³/mol. The topological polar surface area (TPSA) is 61.8 Å². The Labute approximate surface area is 134 Å². The van der Waals surface area contributed by atoms with Gasteiger partial charge in [0.05, 0.1) is 6.10 Å². The highest BCUT2D eigenvalue weighted by Crippen LogP contribution is 2.21. The van der Waals surface area contributed by atoms with Gasteiger partial charge in [0.25, 0.3) is 0 Å². The number of likely N-dealkylation sites (tertiary alicyclic amines) is 1. The Kier molecular flexibility index (Phi) is 6.09. The van der Waals surface area contributed by atoms with Crippen LogP contribution in [0.3, 0.4) is 0 Å². The summed E-state index contributed by atoms with van der Waals surface area (Å²) in [5.41, 5.74) is -0.449. The summed E-state index contributed by atoms with van der Waals surface area (Å²) in [6, 6.07) is 0.435. The van der Waals surface area contributed by atoms with Crippen molar-refractivity contribution in [1.82, 2.24) is 10.2 Å². The van der Waals surface area contributed by atoms with Crippen molar-refractivity contribution in [3.8, 4) is 0 Å². The average Bonchev–Trinajstić information content (AvgIpc) is 2.63. The molecule has 2 rings (SSSR count). The van der Waals surface area contributed by atoms with E-state index in [1.165, 1.54) is 12.8 Å². The summed E-state index contributed by atoms with van der Waals surface area (Å²) in [5, 5.41) is 13.8. The van der Waals surface area contributed by atoms with E-state index >= 15 is 0 Å². The lowest BCUT2D eigenvalue weighted by molar-refractivity contribution is 0.0170. The van der Waals surface area contributed by atoms with Crippen molar-refractivity contribution in [2.75, 3.05) is 13.1 Å². The number of carbonyl (C=O) groups is 1. The molecule has 1 aliphatic heterocycles. The third-order valence-electron chi connectivity index (χ3n) is 4.50. The van der Waals surface area contributed by atoms with Crippen LogP contribution in [0.25, 0.3) is 0 Å². The van der Waals surface area contributed by atoms with Gasteiger partial charge in [0, 0.05) is 25.2 Å². The molecular weight excluding hydrogens is 280 g/mol. The zero-order valence-electron chi connectivity index (χ0n) is 14.3. The molecule has 0 aromatic rings. The molecule has 1 heterocycles. The first kappa shape index (κ1) is 17.5. The van der Waals surface area contributed by atoms with E-state index in [1.54, 1.807) is 4.90 Å². The second-order valence-electron chi connectivity index (χ2n) is 7.74. The normalized spacial score (nSPS) is 30.7. The molecule has 5 nitrogen and oxygen atoms in total. The van der Waals surface area contributed by atoms with E-state index in [2.05, 4.69) is 5.32 Å². The van der Waals surface area contributed by atoms with Crippen LogP contribution in [0.15, 0.2) is 0 Å². The number of hydrogen-bond donors (Lipinski definition) is 2. The molecule has 0 bridgehead atoms. The van der Waals surface area contributed by atoms with E-state index in [-0.39, 0.29) is 24.3 Å². The lowest BCUT2D eigenvalue weighted by Crippen LogP contribution is -2.53. The maximum absolute atomic E-state index is 12.2. The number of aliphatic hydroxyl groups excluding tert-OH is 1. The van der Waals surface area contributed by atoms with Gasteiger partial charge in [-0.2, -0.15) is 0 Å². The third kappa shape index (κ3) is 5.43. The van der Waals surface area contributed by atoms with Gasteiger partial charge in [0.1, 0.15) is 5.60 Å². The van der Waals surface area contributed by atoms with Crippen LogP contribution in [0.1, 0.15) is 65.7 Å². The molecule has 2 N–H and O–H groups in total. The van der Waals surface area contributed by atoms with Crippen molar-refractivity contribution < 1.29 is 14.6 Å². The molecule has 0 aromatic heterocycles. The van der Waals surface area contributed by atoms with Crippen molar-refractivity contribution in [1.29, 1.82) is 0 Å². The van der Waals surface area contributed by atoms with E-state index in [9.17, 15) is 9.90 Å². The summed E-state index contributed by atoms with van der Waals surface area (Å²) >= 11 is 0. The summed E-state index contributed by atoms with van der Waals surface area (Å²) in [7, 11) is 0. The van der Waals surface area contributed by atoms with Crippen LogP contribution in [0.4, 0.5) is 4.79 Å². The van der Waals surface area contributed by atoms with E-state index in [4.69, 9.17) is 4.74 Å². The molecule has 1 saturated carbocycles. The van der Waals surface area contributed by atoms with Crippen molar-refractivity contribution in [2.24, 2.45) is 0 Å². The molecule has 2 fully saturated rings. The fourth-order valence-electron chi connectivity index (χ4n) is 3.39. The van der Waals surface area contributed by atoms with Crippen LogP contribution in [-0.2, 0) is 4.74 Å². The highest BCUT2D eigenvalue weighted by atomic mass is 16.6. The van der Waals surface area contributed by atoms with Crippen LogP contribution in [0.2, 0.25) is 0 Å². The van der Waals surface area contributed by atoms with Gasteiger partial charge in [-0.3, -0.25) is 0 Å². The van der Waals surface area contributed by atoms with Crippen LogP contribution >= 0.6 is 0 Å². The average molecular weight is 312 g/mol. The second-order valence-corrected chi connectivity index (χ2v) is 7.74. The Morgan fingerprint density at radius 1 is 1.14 bits per heavy atom. The molecule has 0 spiro atoms. The summed E-state index contributed by atoms with van der Waals surface area (Å²) in [6.07, 6.45) is 7.00. The van der Waals surface area contributed by atoms with Gasteiger partial charge in [-0.25, -0.2) is 4.79 Å². The minimum absolute atomic E-state index is 0.172. The summed E-state index contributed by atoms with van der Waals surface area (Å²) < 4.78 is 5.47. The van der Waals surface area contributed by atoms with Crippen molar-refractivity contribution in [2.45, 2.75) is 89.5 Å². The zero-order chi connectivity index (χ0) is 16.2. The molecule has 1 saturated heterocycles. The molecule has 3 unspecified atom stereocenters. The summed E-state index contributed by atoms with van der Waals surface area (Å²) in [6.45, 7) is 7.13. The smallest absolute Gasteiger partial charge is 0.410 e. The minimum Gasteiger partial charge on any atom is -0.444 e. The number of rotatable bonds is 2. The molecule has 2 aliphatic rings. The van der Waals surface area contributed by atoms with E-state index < -0.39 is 5.60 Å². The molecule has 0 radical (unpaired) electrons. The van der Waals surface area contributed by atoms with Crippen LogP contribution in [0.5, 0.6) is 0 Å². The maximum Gasteiger partial charge on any atom is 0.410 e. The third-order valence-corrected chi connectivity index (χ3v) is 4.50. The molecule has 128 valence electrons. The number of ether oxygens (including phenoxy) is 1. The molecular formula is C17H32N2O3. The number of amides is 1. The number of nitrogens with one attached hydrogen (secondary N) is 1. The summed E-state index contributed by atoms with van der Waals surface area (Å²) in [4.78, 5) is 14.0. The Morgan fingerprint density at radius 3 is 2.59 bits per heavy atom. The first-order chi connectivity index (χ1) is 10.3. The fraction of sp³-hybridized carbons (Fsp3) is 0.941. The van der Waals surface area contributed by atoms with E-state index in [0.717, 1.165) is 38.6 Å². The number of carbonyl (C=O) groups excluding carboxylic acids is 1. The Morgan fingerprint density at radius 2 is 1.86 bits per heavy atom. The van der Waals surface area contributed by atoms with Gasteiger partial charge in [0.2, 0.25) is 0 Å². The summed E-state index contributed by atoms with van der Waals surface area (Å²) in [5.74, 6) is 0. The second kappa shape index (κ2) is 7.64. The lowest BCUT2D eigenvalue weighted by Gasteiger charge is -2.37. The fourth-order valence-corrected chi connectivity index (χ4v) is 3.39. The molecule has 1 amide bonds. The number of hydrogen-bond acceptors (Lipinski definition) is 4. The Balaban J connectivity index is 1.86. The highest BCUT2D eigenvalue weighted by molar-refractivity contribution is 5.68. The standard InChI is InChI=1S/C17H32N2O3/c1-17(2,3)22-16(21)19-11-7-8-13(12-19)18-14-9-5-4-6-10-15(14)20/h13-15,18,20H,4-12H2,1-3H3. The monoisotopic (exact) mass is 312 g/mol. The number of nitrogens with zero attached hydrogens (tertiary/aromatic N) is 1. The van der Waals surface area contributed by atoms with Gasteiger partial charge in [-0.05, 0) is 46.5 Å². The van der Waals surface area contributed by atoms with Gasteiger partial charge < -0.3 is 20.1 Å². The van der Waals surface area contributed by atoms with Crippen LogP contribution in [-0.4, -0.2) is 53.0 Å². The number of piperidine rings is 1. The first-order valence-corrected chi connectivity index (χ1v) is 8.77. The number of aliphatic hydroxyl groups is 1. The lowest BCUT2D eigenvalue weighted by atomic mass is 10.0. The molecule has 22 heavy (non-hydrogen) atoms. The van der Waals surface area contributed by atoms with Crippen LogP contribution in [0, 0.1) is 0 Å². The van der Waals surface area contributed by atoms with Gasteiger partial charge >= 0.3 is 6.09 Å². The van der Waals surface area contributed by atoms with Crippen molar-refractivity contribution in [3.05, 3.63) is 0 Å². The zero-order valence-corrected chi connectivity index (χ0v) is 14.3. The Bertz CT molecular complexity index is 367. The Hall–Kier alpha value is -0.810. The van der Waals surface area contributed by atoms with Gasteiger partial charge in [-0.1, -0.05) is 19.3 Å². The molecule has 3 atom stereocenters. The minimum atomic E-state index is -0.449. The van der Waals surface area contributed by atoms with E-state index in [1.807, 2.05) is 20.8 Å². The van der Waals surface area contributed by atoms with Crippen LogP contribution < -0.4 is 5.32 Å². The first-order valence-electron chi connectivity index (χ1n) is 8.77. The predicted octanol–water partition coefficient (Wildman–Crippen LogP) is 2.67. The van der Waals surface area contributed by atoms with Gasteiger partial charge in [0.15, 0.2) is 0 Å². The van der Waals surface area contributed by atoms with Crippen molar-refractivity contribution in [3.63, 3.8) is 0 Å². The molecule has 0 aromatic carbocycles. The molecule has 1 aliphatic carbocycles. The highest BCUT2D eigenvalue weighted by Gasteiger charge is 2.30. The van der Waals surface area contributed by atoms with Crippen molar-refractivity contribution >= 4 is 6.09 Å². The maximum atomic E-state index is 12.2. The quantitative estimate of drug-likeness (QED) is 0.770.